The van der Waals surface area contributed by atoms with Crippen LogP contribution in [-0.2, 0) is 4.79 Å². The lowest BCUT2D eigenvalue weighted by Crippen LogP contribution is -2.36. The Morgan fingerprint density at radius 2 is 2.06 bits per heavy atom. The third-order valence-electron chi connectivity index (χ3n) is 6.18. The largest absolute Gasteiger partial charge is 0.490 e. The van der Waals surface area contributed by atoms with Crippen LogP contribution in [0.4, 0.5) is 11.4 Å². The second-order valence-electron chi connectivity index (χ2n) is 8.39. The van der Waals surface area contributed by atoms with Gasteiger partial charge in [-0.2, -0.15) is 0 Å². The van der Waals surface area contributed by atoms with Gasteiger partial charge in [0.1, 0.15) is 18.4 Å². The Bertz CT molecular complexity index is 910. The Morgan fingerprint density at radius 1 is 1.31 bits per heavy atom. The number of anilines is 2. The monoisotopic (exact) mass is 474 g/mol. The summed E-state index contributed by atoms with van der Waals surface area (Å²) < 4.78 is 5.88. The lowest BCUT2D eigenvalue weighted by Gasteiger charge is -2.37. The van der Waals surface area contributed by atoms with E-state index in [0.717, 1.165) is 28.5 Å². The molecule has 0 aromatic heterocycles. The molecule has 2 unspecified atom stereocenters. The van der Waals surface area contributed by atoms with Crippen molar-refractivity contribution in [2.75, 3.05) is 30.1 Å². The lowest BCUT2D eigenvalue weighted by atomic mass is 9.81. The first kappa shape index (κ1) is 24.8. The summed E-state index contributed by atoms with van der Waals surface area (Å²) in [4.78, 5) is 15.7. The molecule has 7 heteroatoms. The average molecular weight is 475 g/mol. The van der Waals surface area contributed by atoms with E-state index in [1.54, 1.807) is 11.8 Å². The number of fused-ring (bicyclic) bond motifs is 1. The first-order chi connectivity index (χ1) is 15.4. The summed E-state index contributed by atoms with van der Waals surface area (Å²) in [6.07, 6.45) is 6.77. The summed E-state index contributed by atoms with van der Waals surface area (Å²) in [6, 6.07) is 13.8. The molecule has 2 aromatic rings. The molecule has 0 fully saturated rings. The smallest absolute Gasteiger partial charge is 0.324 e. The standard InChI is InChI=1S/C25H34N2O3S2/c1-4-6-12-25(5-2)16-27(18-10-8-7-9-11-18)20-13-23(31-3)21(14-22(20)32-17-25)30-15-19(26)24(28)29/h7-11,13-14,19H,4-6,12,15-17,26H2,1-3H3,(H,28,29). The number of nitrogens with zero attached hydrogens (tertiary/aromatic N) is 1. The maximum Gasteiger partial charge on any atom is 0.324 e. The number of rotatable bonds is 10. The summed E-state index contributed by atoms with van der Waals surface area (Å²) >= 11 is 3.49. The topological polar surface area (TPSA) is 75.8 Å². The summed E-state index contributed by atoms with van der Waals surface area (Å²) in [7, 11) is 0. The minimum Gasteiger partial charge on any atom is -0.490 e. The molecule has 32 heavy (non-hydrogen) atoms. The van der Waals surface area contributed by atoms with E-state index in [-0.39, 0.29) is 12.0 Å². The molecule has 1 aliphatic heterocycles. The SMILES string of the molecule is CCCCC1(CC)CSc2cc(OCC(N)C(=O)O)c(SC)cc2N(c2ccccc2)C1. The maximum absolute atomic E-state index is 11.1. The Kier molecular flexibility index (Phi) is 8.79. The predicted octanol–water partition coefficient (Wildman–Crippen LogP) is 6.03. The van der Waals surface area contributed by atoms with Crippen LogP contribution in [0.2, 0.25) is 0 Å². The second-order valence-corrected chi connectivity index (χ2v) is 10.3. The fourth-order valence-corrected chi connectivity index (χ4v) is 5.97. The van der Waals surface area contributed by atoms with Crippen LogP contribution in [0.25, 0.3) is 0 Å². The van der Waals surface area contributed by atoms with Crippen LogP contribution in [-0.4, -0.2) is 42.3 Å². The highest BCUT2D eigenvalue weighted by Crippen LogP contribution is 2.49. The van der Waals surface area contributed by atoms with Crippen molar-refractivity contribution in [1.82, 2.24) is 0 Å². The minimum absolute atomic E-state index is 0.0514. The van der Waals surface area contributed by atoms with Gasteiger partial charge in [-0.25, -0.2) is 0 Å². The normalized spacial score (nSPS) is 19.2. The van der Waals surface area contributed by atoms with Gasteiger partial charge in [0, 0.05) is 22.9 Å². The van der Waals surface area contributed by atoms with E-state index in [1.165, 1.54) is 30.6 Å². The van der Waals surface area contributed by atoms with Crippen molar-refractivity contribution < 1.29 is 14.6 Å². The lowest BCUT2D eigenvalue weighted by molar-refractivity contribution is -0.139. The average Bonchev–Trinajstić information content (AvgIpc) is 2.98. The summed E-state index contributed by atoms with van der Waals surface area (Å²) in [5.74, 6) is 0.691. The van der Waals surface area contributed by atoms with Gasteiger partial charge in [-0.05, 0) is 48.8 Å². The van der Waals surface area contributed by atoms with E-state index in [1.807, 2.05) is 18.0 Å². The molecule has 0 amide bonds. The number of carboxylic acids is 1. The summed E-state index contributed by atoms with van der Waals surface area (Å²) in [5.41, 5.74) is 8.28. The Morgan fingerprint density at radius 3 is 2.69 bits per heavy atom. The number of carboxylic acid groups (broad SMARTS) is 1. The van der Waals surface area contributed by atoms with Crippen molar-refractivity contribution in [2.24, 2.45) is 11.1 Å². The zero-order valence-electron chi connectivity index (χ0n) is 19.2. The Labute approximate surface area is 200 Å². The molecule has 0 radical (unpaired) electrons. The molecule has 1 heterocycles. The fraction of sp³-hybridized carbons (Fsp3) is 0.480. The summed E-state index contributed by atoms with van der Waals surface area (Å²) in [6.45, 7) is 5.49. The number of thioether (sulfide) groups is 2. The van der Waals surface area contributed by atoms with Crippen molar-refractivity contribution in [2.45, 2.75) is 55.4 Å². The number of unbranched alkanes of at least 4 members (excludes halogenated alkanes) is 1. The molecule has 0 saturated carbocycles. The van der Waals surface area contributed by atoms with Crippen molar-refractivity contribution in [1.29, 1.82) is 0 Å². The highest BCUT2D eigenvalue weighted by molar-refractivity contribution is 7.99. The molecule has 174 valence electrons. The second kappa shape index (κ2) is 11.3. The van der Waals surface area contributed by atoms with Gasteiger partial charge in [-0.3, -0.25) is 4.79 Å². The third kappa shape index (κ3) is 5.74. The predicted molar refractivity (Wildman–Crippen MR) is 136 cm³/mol. The fourth-order valence-electron chi connectivity index (χ4n) is 4.01. The molecule has 0 bridgehead atoms. The number of benzene rings is 2. The minimum atomic E-state index is -1.06. The zero-order valence-corrected chi connectivity index (χ0v) is 20.8. The molecule has 3 rings (SSSR count). The van der Waals surface area contributed by atoms with E-state index in [9.17, 15) is 4.79 Å². The highest BCUT2D eigenvalue weighted by Gasteiger charge is 2.35. The molecule has 1 aliphatic rings. The van der Waals surface area contributed by atoms with E-state index >= 15 is 0 Å². The molecule has 3 N–H and O–H groups in total. The summed E-state index contributed by atoms with van der Waals surface area (Å²) in [5, 5.41) is 9.11. The van der Waals surface area contributed by atoms with Gasteiger partial charge >= 0.3 is 5.97 Å². The van der Waals surface area contributed by atoms with Crippen LogP contribution in [0.5, 0.6) is 5.75 Å². The van der Waals surface area contributed by atoms with Gasteiger partial charge in [0.05, 0.1) is 10.6 Å². The molecular weight excluding hydrogens is 440 g/mol. The van der Waals surface area contributed by atoms with E-state index in [4.69, 9.17) is 15.6 Å². The van der Waals surface area contributed by atoms with E-state index in [2.05, 4.69) is 61.2 Å². The number of aliphatic carboxylic acids is 1. The van der Waals surface area contributed by atoms with Crippen LogP contribution in [0.15, 0.2) is 52.3 Å². The van der Waals surface area contributed by atoms with Crippen LogP contribution < -0.4 is 15.4 Å². The highest BCUT2D eigenvalue weighted by atomic mass is 32.2. The molecular formula is C25H34N2O3S2. The van der Waals surface area contributed by atoms with Crippen molar-refractivity contribution >= 4 is 40.9 Å². The first-order valence-corrected chi connectivity index (χ1v) is 13.4. The van der Waals surface area contributed by atoms with Crippen molar-refractivity contribution in [3.8, 4) is 5.75 Å². The van der Waals surface area contributed by atoms with Gasteiger partial charge < -0.3 is 20.5 Å². The van der Waals surface area contributed by atoms with Gasteiger partial charge in [0.15, 0.2) is 0 Å². The zero-order chi connectivity index (χ0) is 23.1. The number of ether oxygens (including phenoxy) is 1. The van der Waals surface area contributed by atoms with Gasteiger partial charge in [-0.15, -0.1) is 23.5 Å². The van der Waals surface area contributed by atoms with Crippen LogP contribution in [0.3, 0.4) is 0 Å². The number of carbonyl (C=O) groups is 1. The molecule has 2 aromatic carbocycles. The number of nitrogens with two attached hydrogens (primary N) is 1. The van der Waals surface area contributed by atoms with Crippen LogP contribution in [0, 0.1) is 5.41 Å². The van der Waals surface area contributed by atoms with Gasteiger partial charge in [-0.1, -0.05) is 44.9 Å². The molecule has 2 atom stereocenters. The maximum atomic E-state index is 11.1. The Hall–Kier alpha value is -1.83. The molecule has 5 nitrogen and oxygen atoms in total. The number of hydrogen-bond acceptors (Lipinski definition) is 6. The van der Waals surface area contributed by atoms with Crippen LogP contribution >= 0.6 is 23.5 Å². The molecule has 0 aliphatic carbocycles. The Balaban J connectivity index is 2.03. The van der Waals surface area contributed by atoms with Crippen LogP contribution in [0.1, 0.15) is 39.5 Å². The van der Waals surface area contributed by atoms with Crippen molar-refractivity contribution in [3.63, 3.8) is 0 Å². The quantitative estimate of drug-likeness (QED) is 0.407. The molecule has 0 saturated heterocycles. The van der Waals surface area contributed by atoms with E-state index in [0.29, 0.717) is 5.75 Å². The first-order valence-electron chi connectivity index (χ1n) is 11.2. The number of hydrogen-bond donors (Lipinski definition) is 2. The number of para-hydroxylation sites is 1. The molecule has 0 spiro atoms. The third-order valence-corrected chi connectivity index (χ3v) is 8.33. The van der Waals surface area contributed by atoms with Crippen molar-refractivity contribution in [3.05, 3.63) is 42.5 Å². The van der Waals surface area contributed by atoms with Gasteiger partial charge in [0.25, 0.3) is 0 Å². The van der Waals surface area contributed by atoms with E-state index < -0.39 is 12.0 Å². The van der Waals surface area contributed by atoms with Gasteiger partial charge in [0.2, 0.25) is 0 Å².